The topological polar surface area (TPSA) is 104 Å². The molecule has 2 fully saturated rings. The lowest BCUT2D eigenvalue weighted by molar-refractivity contribution is -0.116. The molecule has 1 aliphatic carbocycles. The Labute approximate surface area is 164 Å². The first-order valence-electron chi connectivity index (χ1n) is 9.17. The van der Waals surface area contributed by atoms with Crippen LogP contribution in [0.3, 0.4) is 0 Å². The minimum absolute atomic E-state index is 0.212. The molecule has 1 aliphatic heterocycles. The average Bonchev–Trinajstić information content (AvgIpc) is 3.48. The number of aromatic nitrogens is 3. The molecule has 4 rings (SSSR count). The summed E-state index contributed by atoms with van der Waals surface area (Å²) in [6, 6.07) is 4.85. The maximum absolute atomic E-state index is 14.4. The number of amides is 1. The van der Waals surface area contributed by atoms with E-state index in [9.17, 15) is 18.4 Å². The zero-order valence-corrected chi connectivity index (χ0v) is 15.4. The van der Waals surface area contributed by atoms with E-state index in [1.54, 1.807) is 0 Å². The molecule has 10 heteroatoms. The molecule has 29 heavy (non-hydrogen) atoms. The molecular formula is C19H18F2N6O2. The number of piperidine rings is 1. The fraction of sp³-hybridized carbons (Fsp3) is 0.421. The summed E-state index contributed by atoms with van der Waals surface area (Å²) in [5.74, 6) is -3.04. The predicted molar refractivity (Wildman–Crippen MR) is 99.5 cm³/mol. The van der Waals surface area contributed by atoms with Crippen LogP contribution in [0.2, 0.25) is 0 Å². The van der Waals surface area contributed by atoms with Crippen molar-refractivity contribution in [1.82, 2.24) is 14.5 Å². The summed E-state index contributed by atoms with van der Waals surface area (Å²) in [6.45, 7) is -0.312. The van der Waals surface area contributed by atoms with E-state index >= 15 is 0 Å². The highest BCUT2D eigenvalue weighted by molar-refractivity contribution is 5.90. The van der Waals surface area contributed by atoms with Crippen molar-refractivity contribution in [3.05, 3.63) is 46.8 Å². The van der Waals surface area contributed by atoms with Crippen molar-refractivity contribution >= 4 is 17.4 Å². The van der Waals surface area contributed by atoms with Gasteiger partial charge in [-0.25, -0.2) is 18.7 Å². The minimum atomic E-state index is -2.80. The largest absolute Gasteiger partial charge is 0.349 e. The number of pyridine rings is 1. The second-order valence-corrected chi connectivity index (χ2v) is 7.46. The summed E-state index contributed by atoms with van der Waals surface area (Å²) in [7, 11) is 0. The maximum atomic E-state index is 14.4. The predicted octanol–water partition coefficient (Wildman–Crippen LogP) is 1.77. The lowest BCUT2D eigenvalue weighted by Crippen LogP contribution is -2.50. The van der Waals surface area contributed by atoms with E-state index in [2.05, 4.69) is 15.3 Å². The van der Waals surface area contributed by atoms with Crippen LogP contribution in [0, 0.1) is 16.7 Å². The Morgan fingerprint density at radius 1 is 1.24 bits per heavy atom. The van der Waals surface area contributed by atoms with Crippen molar-refractivity contribution in [3.63, 3.8) is 0 Å². The fourth-order valence-corrected chi connectivity index (χ4v) is 3.59. The molecule has 0 aromatic carbocycles. The molecule has 1 amide bonds. The smallest absolute Gasteiger partial charge is 0.270 e. The van der Waals surface area contributed by atoms with Gasteiger partial charge in [-0.15, -0.1) is 0 Å². The molecule has 2 aromatic rings. The summed E-state index contributed by atoms with van der Waals surface area (Å²) in [4.78, 5) is 33.6. The van der Waals surface area contributed by atoms with Gasteiger partial charge in [-0.2, -0.15) is 5.26 Å². The lowest BCUT2D eigenvalue weighted by atomic mass is 9.89. The molecule has 8 nitrogen and oxygen atoms in total. The van der Waals surface area contributed by atoms with Crippen LogP contribution in [0.15, 0.2) is 35.5 Å². The highest BCUT2D eigenvalue weighted by Gasteiger charge is 2.63. The molecule has 0 unspecified atom stereocenters. The Morgan fingerprint density at radius 3 is 2.66 bits per heavy atom. The van der Waals surface area contributed by atoms with Crippen molar-refractivity contribution in [3.8, 4) is 6.07 Å². The molecule has 1 spiro atoms. The van der Waals surface area contributed by atoms with E-state index in [1.165, 1.54) is 29.4 Å². The third kappa shape index (κ3) is 3.68. The molecule has 3 heterocycles. The third-order valence-electron chi connectivity index (χ3n) is 5.54. The first-order valence-corrected chi connectivity index (χ1v) is 9.17. The van der Waals surface area contributed by atoms with Crippen molar-refractivity contribution < 1.29 is 13.6 Å². The quantitative estimate of drug-likeness (QED) is 0.839. The number of carbonyl (C=O) groups is 1. The first-order chi connectivity index (χ1) is 13.8. The molecule has 2 aromatic heterocycles. The van der Waals surface area contributed by atoms with Gasteiger partial charge in [-0.05, 0) is 31.4 Å². The number of nitrogens with zero attached hydrogens (tertiary/aromatic N) is 5. The van der Waals surface area contributed by atoms with Gasteiger partial charge >= 0.3 is 0 Å². The van der Waals surface area contributed by atoms with Crippen molar-refractivity contribution in [2.45, 2.75) is 31.7 Å². The van der Waals surface area contributed by atoms with E-state index in [0.717, 1.165) is 10.8 Å². The van der Waals surface area contributed by atoms with Gasteiger partial charge < -0.3 is 14.8 Å². The van der Waals surface area contributed by atoms with Crippen LogP contribution in [0.4, 0.5) is 20.3 Å². The van der Waals surface area contributed by atoms with Gasteiger partial charge in [0.25, 0.3) is 11.5 Å². The molecule has 150 valence electrons. The van der Waals surface area contributed by atoms with E-state index in [4.69, 9.17) is 5.26 Å². The number of halogens is 2. The first kappa shape index (κ1) is 19.0. The molecule has 1 N–H and O–H groups in total. The Morgan fingerprint density at radius 2 is 2.03 bits per heavy atom. The van der Waals surface area contributed by atoms with Crippen LogP contribution < -0.4 is 15.8 Å². The number of hydrogen-bond donors (Lipinski definition) is 1. The number of rotatable bonds is 4. The molecule has 1 saturated heterocycles. The van der Waals surface area contributed by atoms with Crippen molar-refractivity contribution in [1.29, 1.82) is 5.26 Å². The Balaban J connectivity index is 1.46. The van der Waals surface area contributed by atoms with Crippen LogP contribution >= 0.6 is 0 Å². The van der Waals surface area contributed by atoms with Gasteiger partial charge in [0.15, 0.2) is 0 Å². The Kier molecular flexibility index (Phi) is 4.53. The average molecular weight is 400 g/mol. The van der Waals surface area contributed by atoms with Crippen LogP contribution in [-0.4, -0.2) is 39.5 Å². The number of nitrogens with one attached hydrogen (secondary N) is 1. The van der Waals surface area contributed by atoms with Crippen LogP contribution in [-0.2, 0) is 11.3 Å². The highest BCUT2D eigenvalue weighted by Crippen LogP contribution is 2.61. The second kappa shape index (κ2) is 6.92. The standard InChI is InChI=1S/C19H18F2N6O2/c20-19(21)12-26(6-5-18(19)3-4-18)15-10-27(17(29)9-24-15)11-16(28)25-14-2-1-13(7-22)23-8-14/h1-2,8-10H,3-6,11-12H2,(H,25,28). The molecule has 0 bridgehead atoms. The second-order valence-electron chi connectivity index (χ2n) is 7.46. The van der Waals surface area contributed by atoms with Crippen LogP contribution in [0.25, 0.3) is 0 Å². The normalized spacial score (nSPS) is 18.9. The number of carbonyl (C=O) groups excluding carboxylic acids is 1. The van der Waals surface area contributed by atoms with E-state index in [-0.39, 0.29) is 18.1 Å². The maximum Gasteiger partial charge on any atom is 0.270 e. The lowest BCUT2D eigenvalue weighted by Gasteiger charge is -2.39. The molecule has 0 radical (unpaired) electrons. The van der Waals surface area contributed by atoms with E-state index in [1.807, 2.05) is 6.07 Å². The summed E-state index contributed by atoms with van der Waals surface area (Å²) < 4.78 is 30.0. The van der Waals surface area contributed by atoms with Gasteiger partial charge in [0.1, 0.15) is 24.1 Å². The van der Waals surface area contributed by atoms with Crippen LogP contribution in [0.5, 0.6) is 0 Å². The van der Waals surface area contributed by atoms with Gasteiger partial charge in [0.05, 0.1) is 30.8 Å². The molecule has 1 saturated carbocycles. The molecule has 2 aliphatic rings. The Bertz CT molecular complexity index is 1040. The highest BCUT2D eigenvalue weighted by atomic mass is 19.3. The van der Waals surface area contributed by atoms with E-state index in [0.29, 0.717) is 31.5 Å². The number of alkyl halides is 2. The number of hydrogen-bond acceptors (Lipinski definition) is 6. The monoisotopic (exact) mass is 400 g/mol. The summed E-state index contributed by atoms with van der Waals surface area (Å²) in [6.07, 6.45) is 5.18. The van der Waals surface area contributed by atoms with Crippen LogP contribution in [0.1, 0.15) is 25.0 Å². The fourth-order valence-electron chi connectivity index (χ4n) is 3.59. The Hall–Kier alpha value is -3.35. The van der Waals surface area contributed by atoms with E-state index < -0.39 is 29.3 Å². The number of anilines is 2. The summed E-state index contributed by atoms with van der Waals surface area (Å²) in [5.41, 5.74) is -0.789. The van der Waals surface area contributed by atoms with Gasteiger partial charge in [-0.3, -0.25) is 9.59 Å². The van der Waals surface area contributed by atoms with Gasteiger partial charge in [0.2, 0.25) is 5.91 Å². The number of nitriles is 1. The molecule has 0 atom stereocenters. The minimum Gasteiger partial charge on any atom is -0.349 e. The summed E-state index contributed by atoms with van der Waals surface area (Å²) in [5, 5.41) is 11.3. The summed E-state index contributed by atoms with van der Waals surface area (Å²) >= 11 is 0. The van der Waals surface area contributed by atoms with Crippen molar-refractivity contribution in [2.24, 2.45) is 5.41 Å². The van der Waals surface area contributed by atoms with Crippen molar-refractivity contribution in [2.75, 3.05) is 23.3 Å². The zero-order valence-electron chi connectivity index (χ0n) is 15.4. The zero-order chi connectivity index (χ0) is 20.6. The molecular weight excluding hydrogens is 382 g/mol. The van der Waals surface area contributed by atoms with Gasteiger partial charge in [0, 0.05) is 12.0 Å². The van der Waals surface area contributed by atoms with Gasteiger partial charge in [-0.1, -0.05) is 0 Å². The SMILES string of the molecule is N#Cc1ccc(NC(=O)Cn2cc(N3CCC4(CC4)C(F)(F)C3)ncc2=O)cn1. The third-order valence-corrected chi connectivity index (χ3v) is 5.54.